The van der Waals surface area contributed by atoms with E-state index in [1.54, 1.807) is 78.8 Å². The first-order valence-electron chi connectivity index (χ1n) is 23.9. The maximum atomic E-state index is 16.9. The summed E-state index contributed by atoms with van der Waals surface area (Å²) in [5, 5.41) is 14.1. The van der Waals surface area contributed by atoms with Crippen LogP contribution in [0.15, 0.2) is 95.9 Å². The zero-order chi connectivity index (χ0) is 50.5. The number of rotatable bonds is 13. The summed E-state index contributed by atoms with van der Waals surface area (Å²) in [6.45, 7) is 7.75. The summed E-state index contributed by atoms with van der Waals surface area (Å²) < 4.78 is 53.6. The van der Waals surface area contributed by atoms with Gasteiger partial charge in [-0.1, -0.05) is 24.3 Å². The van der Waals surface area contributed by atoms with Crippen molar-refractivity contribution in [2.45, 2.75) is 43.9 Å². The van der Waals surface area contributed by atoms with Gasteiger partial charge in [-0.2, -0.15) is 10.1 Å². The Bertz CT molecular complexity index is 3150. The van der Waals surface area contributed by atoms with E-state index in [0.717, 1.165) is 28.1 Å². The smallest absolute Gasteiger partial charge is 0.255 e. The van der Waals surface area contributed by atoms with Crippen LogP contribution >= 0.6 is 23.1 Å². The fraction of sp³-hybridized carbons (Fsp3) is 0.346. The first-order chi connectivity index (χ1) is 34.5. The number of amides is 3. The molecule has 3 fully saturated rings. The van der Waals surface area contributed by atoms with Gasteiger partial charge in [0, 0.05) is 136 Å². The van der Waals surface area contributed by atoms with Crippen molar-refractivity contribution in [2.24, 2.45) is 7.05 Å². The minimum Gasteiger partial charge on any atom is -0.494 e. The van der Waals surface area contributed by atoms with E-state index >= 15 is 4.39 Å². The summed E-state index contributed by atoms with van der Waals surface area (Å²) in [6.07, 6.45) is 6.55. The number of anilines is 6. The number of benzene rings is 4. The highest BCUT2D eigenvalue weighted by molar-refractivity contribution is 9.10. The van der Waals surface area contributed by atoms with Gasteiger partial charge in [0.2, 0.25) is 17.8 Å². The van der Waals surface area contributed by atoms with Gasteiger partial charge in [-0.3, -0.25) is 29.3 Å². The number of piperazine rings is 1. The van der Waals surface area contributed by atoms with E-state index in [1.165, 1.54) is 6.07 Å². The first-order valence-corrected chi connectivity index (χ1v) is 27.3. The predicted molar refractivity (Wildman–Crippen MR) is 279 cm³/mol. The highest BCUT2D eigenvalue weighted by Gasteiger charge is 2.41. The molecule has 6 aromatic rings. The molecule has 0 aliphatic carbocycles. The largest absolute Gasteiger partial charge is 0.494 e. The van der Waals surface area contributed by atoms with Gasteiger partial charge in [-0.25, -0.2) is 13.8 Å². The van der Waals surface area contributed by atoms with Crippen LogP contribution in [0.3, 0.4) is 0 Å². The van der Waals surface area contributed by atoms with Crippen molar-refractivity contribution in [1.82, 2.24) is 34.9 Å². The van der Waals surface area contributed by atoms with Gasteiger partial charge in [0.25, 0.3) is 5.91 Å². The van der Waals surface area contributed by atoms with Crippen molar-refractivity contribution >= 4 is 80.6 Å². The van der Waals surface area contributed by atoms with E-state index in [2.05, 4.69) is 56.7 Å². The molecule has 3 saturated heterocycles. The molecule has 0 bridgehead atoms. The van der Waals surface area contributed by atoms with Crippen molar-refractivity contribution in [3.63, 3.8) is 0 Å². The molecule has 6 heterocycles. The molecular weight excluding hydrogens is 1010 g/mol. The molecule has 374 valence electrons. The Balaban J connectivity index is 0.808. The molecule has 10 rings (SSSR count). The second-order valence-electron chi connectivity index (χ2n) is 19.3. The second-order valence-corrected chi connectivity index (χ2v) is 23.4. The zero-order valence-electron chi connectivity index (χ0n) is 40.4. The number of hydrogen-bond acceptors (Lipinski definition) is 13. The molecule has 72 heavy (non-hydrogen) atoms. The third kappa shape index (κ3) is 10.1. The fourth-order valence-corrected chi connectivity index (χ4v) is 11.7. The summed E-state index contributed by atoms with van der Waals surface area (Å²) in [5.74, 6) is -0.110. The van der Waals surface area contributed by atoms with Gasteiger partial charge in [0.1, 0.15) is 36.2 Å². The van der Waals surface area contributed by atoms with Gasteiger partial charge in [-0.05, 0) is 89.3 Å². The van der Waals surface area contributed by atoms with E-state index in [9.17, 15) is 23.3 Å². The summed E-state index contributed by atoms with van der Waals surface area (Å²) in [5.41, 5.74) is 5.83. The van der Waals surface area contributed by atoms with Crippen molar-refractivity contribution in [3.8, 4) is 28.0 Å². The number of piperidine rings is 2. The van der Waals surface area contributed by atoms with E-state index < -0.39 is 24.8 Å². The Morgan fingerprint density at radius 1 is 0.875 bits per heavy atom. The minimum absolute atomic E-state index is 0.195. The summed E-state index contributed by atoms with van der Waals surface area (Å²) >= 11 is 3.58. The Hall–Kier alpha value is -6.69. The van der Waals surface area contributed by atoms with Crippen LogP contribution in [0.25, 0.3) is 22.3 Å². The quantitative estimate of drug-likeness (QED) is 0.0751. The second kappa shape index (κ2) is 19.7. The summed E-state index contributed by atoms with van der Waals surface area (Å²) in [4.78, 5) is 55.1. The predicted octanol–water partition coefficient (Wildman–Crippen LogP) is 8.08. The molecule has 3 amide bonds. The van der Waals surface area contributed by atoms with E-state index in [1.807, 2.05) is 43.6 Å². The van der Waals surface area contributed by atoms with Crippen LogP contribution in [0.2, 0.25) is 0 Å². The summed E-state index contributed by atoms with van der Waals surface area (Å²) in [6, 6.07) is 20.9. The lowest BCUT2D eigenvalue weighted by Gasteiger charge is -2.43. The number of imide groups is 1. The number of methoxy groups -OCH3 is 1. The fourth-order valence-electron chi connectivity index (χ4n) is 10.2. The van der Waals surface area contributed by atoms with Crippen LogP contribution < -0.4 is 35.8 Å². The Labute approximate surface area is 424 Å². The first kappa shape index (κ1) is 48.9. The normalized spacial score (nSPS) is 18.3. The third-order valence-corrected chi connectivity index (χ3v) is 16.2. The number of nitrogens with one attached hydrogen (secondary N) is 3. The van der Waals surface area contributed by atoms with Gasteiger partial charge in [-0.15, -0.1) is 0 Å². The molecule has 20 heteroatoms. The average Bonchev–Trinajstić information content (AvgIpc) is 3.94. The number of halogens is 3. The number of nitrogens with zero attached hydrogens (tertiary/aromatic N) is 8. The molecular formula is C52H55BrF2N11O5P. The zero-order valence-corrected chi connectivity index (χ0v) is 42.9. The Morgan fingerprint density at radius 2 is 1.65 bits per heavy atom. The minimum atomic E-state index is -2.87. The monoisotopic (exact) mass is 1060 g/mol. The lowest BCUT2D eigenvalue weighted by molar-refractivity contribution is -0.136. The number of carbonyl (C=O) groups is 3. The maximum Gasteiger partial charge on any atom is 0.255 e. The van der Waals surface area contributed by atoms with Gasteiger partial charge in [0.05, 0.1) is 29.2 Å². The van der Waals surface area contributed by atoms with Crippen LogP contribution in [-0.2, 0) is 27.7 Å². The molecule has 1 unspecified atom stereocenters. The van der Waals surface area contributed by atoms with Crippen LogP contribution in [0.5, 0.6) is 5.75 Å². The highest BCUT2D eigenvalue weighted by atomic mass is 79.9. The van der Waals surface area contributed by atoms with Gasteiger partial charge >= 0.3 is 0 Å². The maximum absolute atomic E-state index is 16.9. The SMILES string of the molecule is COc1cc(N2CCC(F)(CN3CCN(c4ccc5c(c4)CN(C4CCC(=O)NC4=O)C5=O)CC3)CC2)c(-c2cnn(C)c2)cc1Nc1ncc(Br)c(Nc2ccc(-c3ccccc3F)cc2P(C)(C)=O)n1. The van der Waals surface area contributed by atoms with Gasteiger partial charge < -0.3 is 34.6 Å². The van der Waals surface area contributed by atoms with E-state index in [-0.39, 0.29) is 30.0 Å². The molecule has 2 aromatic heterocycles. The number of hydrogen-bond donors (Lipinski definition) is 3. The molecule has 3 N–H and O–H groups in total. The van der Waals surface area contributed by atoms with Crippen molar-refractivity contribution in [1.29, 1.82) is 0 Å². The van der Waals surface area contributed by atoms with Crippen molar-refractivity contribution in [3.05, 3.63) is 113 Å². The number of ether oxygens (including phenoxy) is 1. The highest BCUT2D eigenvalue weighted by Crippen LogP contribution is 2.44. The van der Waals surface area contributed by atoms with Crippen LogP contribution in [0.1, 0.15) is 41.6 Å². The van der Waals surface area contributed by atoms with Crippen LogP contribution in [0.4, 0.5) is 43.3 Å². The molecule has 4 aromatic carbocycles. The van der Waals surface area contributed by atoms with Crippen molar-refractivity contribution in [2.75, 3.05) is 86.7 Å². The van der Waals surface area contributed by atoms with Crippen molar-refractivity contribution < 1.29 is 32.5 Å². The summed E-state index contributed by atoms with van der Waals surface area (Å²) in [7, 11) is 0.581. The molecule has 16 nitrogen and oxygen atoms in total. The molecule has 0 saturated carbocycles. The standard InChI is InChI=1S/C52H55BrF2N11O5P/c1-62-29-34(27-57-62)38-25-42(59-51-56-28-39(53)48(61-51)58-41-12-9-32(24-46(41)72(3,4)70)36-7-5-6-8-40(36)54)45(71-2)26-44(38)65-17-15-52(55,16-18-65)31-63-19-21-64(22-20-63)35-10-11-37-33(23-35)30-66(50(37)69)43-13-14-47(67)60-49(43)68/h5-12,23-29,43H,13-22,30-31H2,1-4H3,(H,60,67,68)(H2,56,58,59,61). The Morgan fingerprint density at radius 3 is 2.36 bits per heavy atom. The average molecular weight is 1060 g/mol. The Kier molecular flexibility index (Phi) is 13.4. The third-order valence-electron chi connectivity index (χ3n) is 14.1. The van der Waals surface area contributed by atoms with E-state index in [0.29, 0.717) is 121 Å². The molecule has 1 atom stereocenters. The topological polar surface area (TPSA) is 170 Å². The van der Waals surface area contributed by atoms with Crippen LogP contribution in [0, 0.1) is 5.82 Å². The molecule has 0 radical (unpaired) electrons. The molecule has 0 spiro atoms. The number of fused-ring (bicyclic) bond motifs is 1. The van der Waals surface area contributed by atoms with E-state index in [4.69, 9.17) is 9.72 Å². The lowest BCUT2D eigenvalue weighted by Crippen LogP contribution is -2.53. The number of alkyl halides is 1. The lowest BCUT2D eigenvalue weighted by atomic mass is 9.91. The number of aryl methyl sites for hydroxylation is 1. The molecule has 4 aliphatic rings. The number of carbonyl (C=O) groups excluding carboxylic acids is 3. The van der Waals surface area contributed by atoms with Crippen LogP contribution in [-0.4, -0.2) is 125 Å². The van der Waals surface area contributed by atoms with Gasteiger partial charge in [0.15, 0.2) is 0 Å². The number of aromatic nitrogens is 4. The molecule has 4 aliphatic heterocycles.